The number of rotatable bonds is 8. The van der Waals surface area contributed by atoms with E-state index in [9.17, 15) is 9.59 Å². The second-order valence-electron chi connectivity index (χ2n) is 6.71. The van der Waals surface area contributed by atoms with E-state index < -0.39 is 0 Å². The van der Waals surface area contributed by atoms with Gasteiger partial charge >= 0.3 is 0 Å². The van der Waals surface area contributed by atoms with Crippen LogP contribution in [0.2, 0.25) is 0 Å². The molecule has 3 aromatic rings. The van der Waals surface area contributed by atoms with Crippen LogP contribution in [0.25, 0.3) is 0 Å². The zero-order valence-corrected chi connectivity index (χ0v) is 18.0. The summed E-state index contributed by atoms with van der Waals surface area (Å²) in [6.45, 7) is 0.273. The Kier molecular flexibility index (Phi) is 7.12. The zero-order chi connectivity index (χ0) is 23.1. The lowest BCUT2D eigenvalue weighted by Crippen LogP contribution is -2.23. The van der Waals surface area contributed by atoms with Gasteiger partial charge in [-0.2, -0.15) is 0 Å². The number of aromatic nitrogens is 1. The summed E-state index contributed by atoms with van der Waals surface area (Å²) in [6.07, 6.45) is 3.02. The number of nitrogens with zero attached hydrogens (tertiary/aromatic N) is 1. The summed E-state index contributed by atoms with van der Waals surface area (Å²) in [6, 6.07) is 11.7. The summed E-state index contributed by atoms with van der Waals surface area (Å²) in [7, 11) is 4.47. The van der Waals surface area contributed by atoms with Crippen molar-refractivity contribution < 1.29 is 23.8 Å². The van der Waals surface area contributed by atoms with Crippen LogP contribution < -0.4 is 30.6 Å². The van der Waals surface area contributed by atoms with E-state index in [2.05, 4.69) is 15.6 Å². The molecule has 2 aromatic carbocycles. The fourth-order valence-corrected chi connectivity index (χ4v) is 2.99. The van der Waals surface area contributed by atoms with Crippen molar-refractivity contribution in [2.24, 2.45) is 0 Å². The molecule has 0 fully saturated rings. The van der Waals surface area contributed by atoms with Gasteiger partial charge in [-0.1, -0.05) is 12.1 Å². The minimum absolute atomic E-state index is 0.273. The topological polar surface area (TPSA) is 125 Å². The fourth-order valence-electron chi connectivity index (χ4n) is 2.99. The number of carbonyl (C=O) groups is 2. The summed E-state index contributed by atoms with van der Waals surface area (Å²) in [5, 5.41) is 5.58. The van der Waals surface area contributed by atoms with Gasteiger partial charge in [0.1, 0.15) is 0 Å². The van der Waals surface area contributed by atoms with Crippen LogP contribution in [0.5, 0.6) is 17.2 Å². The van der Waals surface area contributed by atoms with Gasteiger partial charge in [-0.15, -0.1) is 0 Å². The van der Waals surface area contributed by atoms with Crippen molar-refractivity contribution in [3.63, 3.8) is 0 Å². The Morgan fingerprint density at radius 3 is 2.12 bits per heavy atom. The number of hydrogen-bond donors (Lipinski definition) is 3. The molecule has 0 saturated carbocycles. The molecule has 0 unspecified atom stereocenters. The molecule has 0 bridgehead atoms. The summed E-state index contributed by atoms with van der Waals surface area (Å²) < 4.78 is 15.8. The molecule has 0 atom stereocenters. The molecule has 9 heteroatoms. The molecule has 0 radical (unpaired) electrons. The van der Waals surface area contributed by atoms with Crippen molar-refractivity contribution in [1.29, 1.82) is 0 Å². The maximum atomic E-state index is 12.6. The van der Waals surface area contributed by atoms with Gasteiger partial charge in [-0.25, -0.2) is 0 Å². The average Bonchev–Trinajstić information content (AvgIpc) is 2.83. The van der Waals surface area contributed by atoms with E-state index in [1.165, 1.54) is 27.5 Å². The summed E-state index contributed by atoms with van der Waals surface area (Å²) >= 11 is 0. The summed E-state index contributed by atoms with van der Waals surface area (Å²) in [5.74, 6) is 0.591. The molecule has 9 nitrogen and oxygen atoms in total. The number of anilines is 2. The van der Waals surface area contributed by atoms with Crippen molar-refractivity contribution in [3.8, 4) is 17.2 Å². The van der Waals surface area contributed by atoms with Crippen molar-refractivity contribution >= 4 is 23.2 Å². The van der Waals surface area contributed by atoms with Crippen LogP contribution in [-0.4, -0.2) is 38.1 Å². The first-order chi connectivity index (χ1) is 15.5. The van der Waals surface area contributed by atoms with Crippen LogP contribution in [0.15, 0.2) is 54.9 Å². The van der Waals surface area contributed by atoms with E-state index in [1.54, 1.807) is 48.7 Å². The number of benzene rings is 2. The number of hydrogen-bond acceptors (Lipinski definition) is 7. The lowest BCUT2D eigenvalue weighted by Gasteiger charge is -2.14. The Hall–Kier alpha value is -4.27. The molecule has 0 aliphatic rings. The van der Waals surface area contributed by atoms with Crippen molar-refractivity contribution in [1.82, 2.24) is 10.3 Å². The van der Waals surface area contributed by atoms with Crippen molar-refractivity contribution in [3.05, 3.63) is 71.5 Å². The van der Waals surface area contributed by atoms with E-state index in [0.717, 1.165) is 5.56 Å². The second kappa shape index (κ2) is 10.2. The average molecular weight is 436 g/mol. The molecule has 4 N–H and O–H groups in total. The molecular formula is C23H24N4O5. The van der Waals surface area contributed by atoms with Gasteiger partial charge in [0.15, 0.2) is 11.5 Å². The van der Waals surface area contributed by atoms with Gasteiger partial charge in [0.05, 0.1) is 38.9 Å². The monoisotopic (exact) mass is 436 g/mol. The van der Waals surface area contributed by atoms with Crippen molar-refractivity contribution in [2.45, 2.75) is 6.54 Å². The van der Waals surface area contributed by atoms with E-state index >= 15 is 0 Å². The van der Waals surface area contributed by atoms with Crippen LogP contribution in [-0.2, 0) is 6.54 Å². The first kappa shape index (κ1) is 22.4. The van der Waals surface area contributed by atoms with E-state index in [0.29, 0.717) is 39.8 Å². The molecule has 0 saturated heterocycles. The Balaban J connectivity index is 1.64. The van der Waals surface area contributed by atoms with E-state index in [4.69, 9.17) is 19.9 Å². The highest BCUT2D eigenvalue weighted by Gasteiger charge is 2.17. The molecular weight excluding hydrogens is 412 g/mol. The fraction of sp³-hybridized carbons (Fsp3) is 0.174. The highest BCUT2D eigenvalue weighted by Crippen LogP contribution is 2.38. The Morgan fingerprint density at radius 1 is 0.906 bits per heavy atom. The van der Waals surface area contributed by atoms with Crippen LogP contribution in [0.3, 0.4) is 0 Å². The van der Waals surface area contributed by atoms with Gasteiger partial charge in [-0.3, -0.25) is 14.6 Å². The minimum Gasteiger partial charge on any atom is -0.493 e. The third-order valence-corrected chi connectivity index (χ3v) is 4.70. The third kappa shape index (κ3) is 5.07. The lowest BCUT2D eigenvalue weighted by molar-refractivity contribution is 0.0949. The van der Waals surface area contributed by atoms with Gasteiger partial charge in [0.25, 0.3) is 11.8 Å². The Morgan fingerprint density at radius 2 is 1.56 bits per heavy atom. The predicted octanol–water partition coefficient (Wildman–Crippen LogP) is 2.87. The first-order valence-corrected chi connectivity index (χ1v) is 9.64. The largest absolute Gasteiger partial charge is 0.493 e. The normalized spacial score (nSPS) is 10.2. The third-order valence-electron chi connectivity index (χ3n) is 4.70. The van der Waals surface area contributed by atoms with Crippen LogP contribution in [0.1, 0.15) is 26.3 Å². The number of pyridine rings is 1. The maximum absolute atomic E-state index is 12.6. The number of nitrogens with two attached hydrogens (primary N) is 1. The molecule has 0 spiro atoms. The number of nitrogen functional groups attached to an aromatic ring is 1. The van der Waals surface area contributed by atoms with Crippen LogP contribution in [0, 0.1) is 0 Å². The molecule has 1 aromatic heterocycles. The van der Waals surface area contributed by atoms with Gasteiger partial charge in [0.2, 0.25) is 5.75 Å². The SMILES string of the molecule is COc1cc(C(=O)NCc2ccc(C(=O)Nc3ccncc3N)cc2)cc(OC)c1OC. The minimum atomic E-state index is -0.306. The summed E-state index contributed by atoms with van der Waals surface area (Å²) in [4.78, 5) is 28.9. The van der Waals surface area contributed by atoms with Crippen LogP contribution in [0.4, 0.5) is 11.4 Å². The predicted molar refractivity (Wildman–Crippen MR) is 120 cm³/mol. The first-order valence-electron chi connectivity index (χ1n) is 9.64. The zero-order valence-electron chi connectivity index (χ0n) is 18.0. The number of amides is 2. The quantitative estimate of drug-likeness (QED) is 0.496. The molecule has 0 aliphatic heterocycles. The number of carbonyl (C=O) groups excluding carboxylic acids is 2. The van der Waals surface area contributed by atoms with Gasteiger partial charge in [0, 0.05) is 23.9 Å². The highest BCUT2D eigenvalue weighted by molar-refractivity contribution is 6.05. The molecule has 2 amide bonds. The number of methoxy groups -OCH3 is 3. The summed E-state index contributed by atoms with van der Waals surface area (Å²) in [5.41, 5.74) is 8.32. The molecule has 1 heterocycles. The van der Waals surface area contributed by atoms with Crippen molar-refractivity contribution in [2.75, 3.05) is 32.4 Å². The molecule has 3 rings (SSSR count). The maximum Gasteiger partial charge on any atom is 0.255 e. The van der Waals surface area contributed by atoms with Gasteiger partial charge in [-0.05, 0) is 35.9 Å². The van der Waals surface area contributed by atoms with Gasteiger partial charge < -0.3 is 30.6 Å². The van der Waals surface area contributed by atoms with E-state index in [-0.39, 0.29) is 18.4 Å². The molecule has 32 heavy (non-hydrogen) atoms. The van der Waals surface area contributed by atoms with Crippen LogP contribution >= 0.6 is 0 Å². The standard InChI is InChI=1S/C23H24N4O5/c1-30-19-10-16(11-20(31-2)21(19)32-3)22(28)26-12-14-4-6-15(7-5-14)23(29)27-18-8-9-25-13-17(18)24/h4-11,13H,12,24H2,1-3H3,(H,26,28)(H,25,27,29). The highest BCUT2D eigenvalue weighted by atomic mass is 16.5. The smallest absolute Gasteiger partial charge is 0.255 e. The van der Waals surface area contributed by atoms with E-state index in [1.807, 2.05) is 0 Å². The lowest BCUT2D eigenvalue weighted by atomic mass is 10.1. The Labute approximate surface area is 185 Å². The second-order valence-corrected chi connectivity index (χ2v) is 6.71. The number of ether oxygens (including phenoxy) is 3. The number of nitrogens with one attached hydrogen (secondary N) is 2. The molecule has 166 valence electrons. The Bertz CT molecular complexity index is 1090. The molecule has 0 aliphatic carbocycles.